The summed E-state index contributed by atoms with van der Waals surface area (Å²) in [5, 5.41) is 15.3. The summed E-state index contributed by atoms with van der Waals surface area (Å²) in [6.45, 7) is 2.75. The molecular formula is C24H34N8O3. The van der Waals surface area contributed by atoms with Crippen LogP contribution in [0.25, 0.3) is 11.2 Å². The topological polar surface area (TPSA) is 140 Å². The molecule has 5 N–H and O–H groups in total. The number of nitrogens with zero attached hydrogens (tertiary/aromatic N) is 4. The van der Waals surface area contributed by atoms with Crippen LogP contribution in [0.1, 0.15) is 44.9 Å². The lowest BCUT2D eigenvalue weighted by atomic mass is 10.1. The van der Waals surface area contributed by atoms with E-state index in [-0.39, 0.29) is 5.91 Å². The number of likely N-dealkylation sites (tertiary alicyclic amines) is 1. The van der Waals surface area contributed by atoms with Gasteiger partial charge in [0.25, 0.3) is 0 Å². The van der Waals surface area contributed by atoms with Crippen molar-refractivity contribution in [2.45, 2.75) is 51.0 Å². The predicted octanol–water partition coefficient (Wildman–Crippen LogP) is 3.44. The number of amides is 1. The van der Waals surface area contributed by atoms with Gasteiger partial charge in [-0.1, -0.05) is 12.8 Å². The number of hydrogen-bond donors (Lipinski definition) is 5. The van der Waals surface area contributed by atoms with E-state index in [0.29, 0.717) is 30.7 Å². The number of carbonyl (C=O) groups excluding carboxylic acids is 1. The van der Waals surface area contributed by atoms with Gasteiger partial charge in [0.05, 0.1) is 12.9 Å². The number of fused-ring (bicyclic) bond motifs is 1. The molecule has 1 fully saturated rings. The van der Waals surface area contributed by atoms with Gasteiger partial charge in [-0.3, -0.25) is 10.0 Å². The van der Waals surface area contributed by atoms with E-state index in [1.807, 2.05) is 24.3 Å². The number of benzene rings is 1. The number of aromatic amines is 1. The summed E-state index contributed by atoms with van der Waals surface area (Å²) in [5.41, 5.74) is 3.95. The molecule has 1 aromatic carbocycles. The Morgan fingerprint density at radius 3 is 2.69 bits per heavy atom. The van der Waals surface area contributed by atoms with E-state index in [1.54, 1.807) is 11.8 Å². The van der Waals surface area contributed by atoms with Gasteiger partial charge in [0.1, 0.15) is 11.3 Å². The molecule has 1 amide bonds. The van der Waals surface area contributed by atoms with Gasteiger partial charge in [0.15, 0.2) is 11.5 Å². The van der Waals surface area contributed by atoms with Gasteiger partial charge >= 0.3 is 0 Å². The minimum absolute atomic E-state index is 0.339. The number of hydrogen-bond acceptors (Lipinski definition) is 9. The molecule has 0 bridgehead atoms. The first-order valence-corrected chi connectivity index (χ1v) is 12.2. The van der Waals surface area contributed by atoms with E-state index >= 15 is 0 Å². The van der Waals surface area contributed by atoms with Crippen molar-refractivity contribution < 1.29 is 14.7 Å². The third kappa shape index (κ3) is 7.27. The number of H-pyrrole nitrogens is 1. The monoisotopic (exact) mass is 482 g/mol. The molecule has 3 heterocycles. The Morgan fingerprint density at radius 1 is 1.14 bits per heavy atom. The van der Waals surface area contributed by atoms with Gasteiger partial charge in [-0.25, -0.2) is 10.5 Å². The fourth-order valence-corrected chi connectivity index (χ4v) is 4.09. The second-order valence-electron chi connectivity index (χ2n) is 8.92. The highest BCUT2D eigenvalue weighted by Gasteiger charge is 2.19. The van der Waals surface area contributed by atoms with Crippen LogP contribution in [0.3, 0.4) is 0 Å². The van der Waals surface area contributed by atoms with E-state index < -0.39 is 0 Å². The van der Waals surface area contributed by atoms with Gasteiger partial charge in [-0.15, -0.1) is 0 Å². The van der Waals surface area contributed by atoms with Crippen LogP contribution < -0.4 is 20.9 Å². The van der Waals surface area contributed by atoms with Crippen molar-refractivity contribution in [2.24, 2.45) is 0 Å². The fraction of sp³-hybridized carbons (Fsp3) is 0.500. The van der Waals surface area contributed by atoms with Crippen LogP contribution in [0, 0.1) is 0 Å². The molecule has 1 aliphatic rings. The molecule has 0 aliphatic carbocycles. The molecule has 3 aromatic rings. The Bertz CT molecular complexity index is 1080. The summed E-state index contributed by atoms with van der Waals surface area (Å²) in [5.74, 6) is 1.71. The number of anilines is 3. The normalized spacial score (nSPS) is 14.7. The molecule has 1 saturated heterocycles. The van der Waals surface area contributed by atoms with Crippen LogP contribution in [0.5, 0.6) is 5.75 Å². The first-order valence-electron chi connectivity index (χ1n) is 12.2. The first-order chi connectivity index (χ1) is 17.1. The number of ether oxygens (including phenoxy) is 1. The molecule has 0 unspecified atom stereocenters. The molecule has 0 saturated carbocycles. The third-order valence-corrected chi connectivity index (χ3v) is 6.15. The number of rotatable bonds is 12. The average Bonchev–Trinajstić information content (AvgIpc) is 3.35. The van der Waals surface area contributed by atoms with Crippen molar-refractivity contribution in [1.82, 2.24) is 30.3 Å². The molecule has 0 radical (unpaired) electrons. The Hall–Kier alpha value is -3.44. The maximum Gasteiger partial charge on any atom is 0.243 e. The number of nitrogens with one attached hydrogen (secondary N) is 4. The maximum absolute atomic E-state index is 11.0. The number of piperidine rings is 1. The molecule has 35 heavy (non-hydrogen) atoms. The van der Waals surface area contributed by atoms with Crippen molar-refractivity contribution in [3.05, 3.63) is 30.6 Å². The van der Waals surface area contributed by atoms with Gasteiger partial charge < -0.3 is 25.3 Å². The molecule has 0 spiro atoms. The molecule has 11 heteroatoms. The van der Waals surface area contributed by atoms with Crippen LogP contribution in [-0.4, -0.2) is 68.7 Å². The summed E-state index contributed by atoms with van der Waals surface area (Å²) in [6, 6.07) is 8.07. The third-order valence-electron chi connectivity index (χ3n) is 6.15. The summed E-state index contributed by atoms with van der Waals surface area (Å²) >= 11 is 0. The van der Waals surface area contributed by atoms with Crippen LogP contribution in [0.15, 0.2) is 30.6 Å². The molecular weight excluding hydrogens is 448 g/mol. The maximum atomic E-state index is 11.0. The number of aromatic nitrogens is 4. The van der Waals surface area contributed by atoms with Crippen LogP contribution in [0.2, 0.25) is 0 Å². The van der Waals surface area contributed by atoms with E-state index in [1.165, 1.54) is 0 Å². The molecule has 2 aromatic heterocycles. The summed E-state index contributed by atoms with van der Waals surface area (Å²) in [4.78, 5) is 30.0. The largest absolute Gasteiger partial charge is 0.494 e. The lowest BCUT2D eigenvalue weighted by Crippen LogP contribution is -2.37. The Morgan fingerprint density at radius 2 is 1.91 bits per heavy atom. The molecule has 4 rings (SSSR count). The zero-order chi connectivity index (χ0) is 24.5. The SMILES string of the molecule is CN1CCC(Nc2nc(Nc3ccc(OCCCCCCC(=O)NO)cc3)nc3nc[nH]c23)CC1. The lowest BCUT2D eigenvalue weighted by molar-refractivity contribution is -0.129. The van der Waals surface area contributed by atoms with E-state index in [2.05, 4.69) is 37.5 Å². The number of imidazole rings is 1. The highest BCUT2D eigenvalue weighted by atomic mass is 16.5. The van der Waals surface area contributed by atoms with Crippen LogP contribution in [-0.2, 0) is 4.79 Å². The number of hydroxylamine groups is 1. The second-order valence-corrected chi connectivity index (χ2v) is 8.92. The predicted molar refractivity (Wildman–Crippen MR) is 134 cm³/mol. The van der Waals surface area contributed by atoms with Gasteiger partial charge in [-0.05, 0) is 70.1 Å². The summed E-state index contributed by atoms with van der Waals surface area (Å²) in [7, 11) is 2.15. The summed E-state index contributed by atoms with van der Waals surface area (Å²) < 4.78 is 5.81. The molecule has 11 nitrogen and oxygen atoms in total. The Labute approximate surface area is 204 Å². The molecule has 0 atom stereocenters. The highest BCUT2D eigenvalue weighted by molar-refractivity contribution is 5.84. The average molecular weight is 483 g/mol. The minimum atomic E-state index is -0.339. The van der Waals surface area contributed by atoms with Gasteiger partial charge in [0, 0.05) is 18.2 Å². The lowest BCUT2D eigenvalue weighted by Gasteiger charge is -2.29. The zero-order valence-corrected chi connectivity index (χ0v) is 20.1. The number of carbonyl (C=O) groups is 1. The quantitative estimate of drug-likeness (QED) is 0.149. The first kappa shape index (κ1) is 24.7. The fourth-order valence-electron chi connectivity index (χ4n) is 4.09. The Kier molecular flexibility index (Phi) is 8.68. The van der Waals surface area contributed by atoms with Crippen molar-refractivity contribution in [2.75, 3.05) is 37.4 Å². The van der Waals surface area contributed by atoms with Gasteiger partial charge in [-0.2, -0.15) is 9.97 Å². The molecule has 1 aliphatic heterocycles. The van der Waals surface area contributed by atoms with Crippen molar-refractivity contribution in [1.29, 1.82) is 0 Å². The number of unbranched alkanes of at least 4 members (excludes halogenated alkanes) is 3. The van der Waals surface area contributed by atoms with E-state index in [4.69, 9.17) is 14.9 Å². The zero-order valence-electron chi connectivity index (χ0n) is 20.1. The van der Waals surface area contributed by atoms with Gasteiger partial charge in [0.2, 0.25) is 11.9 Å². The second kappa shape index (κ2) is 12.3. The van der Waals surface area contributed by atoms with Crippen molar-refractivity contribution in [3.8, 4) is 5.75 Å². The highest BCUT2D eigenvalue weighted by Crippen LogP contribution is 2.24. The van der Waals surface area contributed by atoms with Crippen LogP contribution >= 0.6 is 0 Å². The Balaban J connectivity index is 1.27. The van der Waals surface area contributed by atoms with E-state index in [9.17, 15) is 4.79 Å². The standard InChI is InChI=1S/C24H34N8O3/c1-32-13-11-18(12-14-32)27-23-21-22(26-16-25-21)29-24(30-23)28-17-7-9-19(10-8-17)35-15-5-3-2-4-6-20(33)31-34/h7-10,16,18,34H,2-6,11-15H2,1H3,(H,31,33)(H3,25,26,27,28,29,30). The van der Waals surface area contributed by atoms with Crippen molar-refractivity contribution in [3.63, 3.8) is 0 Å². The smallest absolute Gasteiger partial charge is 0.243 e. The summed E-state index contributed by atoms with van der Waals surface area (Å²) in [6.07, 6.45) is 7.69. The van der Waals surface area contributed by atoms with Crippen molar-refractivity contribution >= 4 is 34.5 Å². The minimum Gasteiger partial charge on any atom is -0.494 e. The molecule has 188 valence electrons. The van der Waals surface area contributed by atoms with E-state index in [0.717, 1.165) is 74.4 Å². The van der Waals surface area contributed by atoms with Crippen LogP contribution in [0.4, 0.5) is 17.5 Å².